The van der Waals surface area contributed by atoms with E-state index >= 15 is 0 Å². The van der Waals surface area contributed by atoms with Gasteiger partial charge in [0.1, 0.15) is 5.82 Å². The number of hydrogen-bond donors (Lipinski definition) is 2. The number of halogens is 4. The molecular weight excluding hydrogens is 399 g/mol. The van der Waals surface area contributed by atoms with Gasteiger partial charge in [-0.2, -0.15) is 18.3 Å². The van der Waals surface area contributed by atoms with Crippen LogP contribution in [0.5, 0.6) is 0 Å². The molecule has 0 spiro atoms. The van der Waals surface area contributed by atoms with Crippen molar-refractivity contribution in [2.45, 2.75) is 6.18 Å². The molecule has 7 nitrogen and oxygen atoms in total. The molecule has 0 radical (unpaired) electrons. The minimum Gasteiger partial charge on any atom is -0.476 e. The minimum absolute atomic E-state index is 0.0108. The van der Waals surface area contributed by atoms with Gasteiger partial charge in [-0.3, -0.25) is 9.59 Å². The summed E-state index contributed by atoms with van der Waals surface area (Å²) in [5, 5.41) is 14.2. The molecule has 24 heavy (non-hydrogen) atoms. The van der Waals surface area contributed by atoms with Crippen molar-refractivity contribution in [3.8, 4) is 5.69 Å². The average molecular weight is 406 g/mol. The number of rotatable bonds is 4. The van der Waals surface area contributed by atoms with Crippen molar-refractivity contribution in [3.05, 3.63) is 40.0 Å². The van der Waals surface area contributed by atoms with Crippen LogP contribution in [0.15, 0.2) is 28.7 Å². The average Bonchev–Trinajstić information content (AvgIpc) is 2.85. The van der Waals surface area contributed by atoms with Crippen molar-refractivity contribution < 1.29 is 32.7 Å². The fourth-order valence-corrected chi connectivity index (χ4v) is 2.18. The van der Waals surface area contributed by atoms with Gasteiger partial charge in [-0.25, -0.2) is 9.48 Å². The lowest BCUT2D eigenvalue weighted by molar-refractivity contribution is -0.167. The Bertz CT molecular complexity index is 832. The number of alkyl halides is 3. The molecule has 2 rings (SSSR count). The van der Waals surface area contributed by atoms with Crippen molar-refractivity contribution >= 4 is 39.9 Å². The first kappa shape index (κ1) is 17.7. The summed E-state index contributed by atoms with van der Waals surface area (Å²) in [5.74, 6) is -4.69. The number of nitrogens with zero attached hydrogens (tertiary/aromatic N) is 2. The fraction of sp³-hybridized carbons (Fsp3) is 0.0769. The van der Waals surface area contributed by atoms with Crippen molar-refractivity contribution in [1.82, 2.24) is 9.78 Å². The summed E-state index contributed by atoms with van der Waals surface area (Å²) in [6, 6.07) is 5.94. The Kier molecular flexibility index (Phi) is 4.73. The van der Waals surface area contributed by atoms with Crippen molar-refractivity contribution in [3.63, 3.8) is 0 Å². The van der Waals surface area contributed by atoms with E-state index in [4.69, 9.17) is 5.11 Å². The van der Waals surface area contributed by atoms with Gasteiger partial charge < -0.3 is 10.4 Å². The van der Waals surface area contributed by atoms with Gasteiger partial charge in [0, 0.05) is 4.47 Å². The van der Waals surface area contributed by atoms with Crippen LogP contribution in [0.25, 0.3) is 5.69 Å². The highest BCUT2D eigenvalue weighted by molar-refractivity contribution is 9.10. The van der Waals surface area contributed by atoms with Gasteiger partial charge >= 0.3 is 18.1 Å². The number of aromatic carboxylic acids is 1. The minimum atomic E-state index is -5.23. The maximum Gasteiger partial charge on any atom is 0.471 e. The smallest absolute Gasteiger partial charge is 0.471 e. The lowest BCUT2D eigenvalue weighted by Crippen LogP contribution is -2.31. The molecular formula is C13H7BrF3N3O4. The third-order valence-electron chi connectivity index (χ3n) is 2.78. The normalized spacial score (nSPS) is 11.2. The Morgan fingerprint density at radius 1 is 1.33 bits per heavy atom. The van der Waals surface area contributed by atoms with Crippen molar-refractivity contribution in [1.29, 1.82) is 0 Å². The van der Waals surface area contributed by atoms with Gasteiger partial charge in [0.05, 0.1) is 11.3 Å². The van der Waals surface area contributed by atoms with E-state index in [0.717, 1.165) is 4.68 Å². The van der Waals surface area contributed by atoms with E-state index in [9.17, 15) is 27.6 Å². The highest BCUT2D eigenvalue weighted by atomic mass is 79.9. The molecule has 0 fully saturated rings. The van der Waals surface area contributed by atoms with E-state index in [1.807, 2.05) is 0 Å². The van der Waals surface area contributed by atoms with E-state index in [1.165, 1.54) is 23.5 Å². The summed E-state index contributed by atoms with van der Waals surface area (Å²) >= 11 is 3.14. The Morgan fingerprint density at radius 2 is 2.00 bits per heavy atom. The summed E-state index contributed by atoms with van der Waals surface area (Å²) < 4.78 is 38.7. The van der Waals surface area contributed by atoms with Gasteiger partial charge in [-0.15, -0.1) is 0 Å². The van der Waals surface area contributed by atoms with E-state index < -0.39 is 35.1 Å². The standard InChI is InChI=1S/C13H7BrF3N3O4/c14-6-2-1-3-7(4-6)20-10(18-12(24)13(15,16)17)8(5-21)9(19-20)11(22)23/h1-5H,(H,18,24)(H,22,23). The molecule has 0 saturated carbocycles. The van der Waals surface area contributed by atoms with Crippen LogP contribution in [0, 0.1) is 0 Å². The predicted molar refractivity (Wildman–Crippen MR) is 78.3 cm³/mol. The maximum absolute atomic E-state index is 12.5. The SMILES string of the molecule is O=Cc1c(C(=O)O)nn(-c2cccc(Br)c2)c1NC(=O)C(F)(F)F. The van der Waals surface area contributed by atoms with E-state index in [-0.39, 0.29) is 12.0 Å². The molecule has 126 valence electrons. The summed E-state index contributed by atoms with van der Waals surface area (Å²) in [7, 11) is 0. The molecule has 0 aliphatic carbocycles. The monoisotopic (exact) mass is 405 g/mol. The van der Waals surface area contributed by atoms with Crippen LogP contribution in [0.4, 0.5) is 19.0 Å². The van der Waals surface area contributed by atoms with Gasteiger partial charge in [0.2, 0.25) is 0 Å². The third-order valence-corrected chi connectivity index (χ3v) is 3.28. The summed E-state index contributed by atoms with van der Waals surface area (Å²) in [6.45, 7) is 0. The second kappa shape index (κ2) is 6.43. The van der Waals surface area contributed by atoms with Crippen LogP contribution in [-0.4, -0.2) is 39.2 Å². The molecule has 0 bridgehead atoms. The van der Waals surface area contributed by atoms with Crippen LogP contribution in [0.3, 0.4) is 0 Å². The molecule has 0 aliphatic rings. The zero-order chi connectivity index (χ0) is 18.1. The van der Waals surface area contributed by atoms with E-state index in [0.29, 0.717) is 4.47 Å². The second-order valence-electron chi connectivity index (χ2n) is 4.38. The zero-order valence-electron chi connectivity index (χ0n) is 11.5. The van der Waals surface area contributed by atoms with Crippen LogP contribution >= 0.6 is 15.9 Å². The lowest BCUT2D eigenvalue weighted by atomic mass is 10.2. The number of aldehydes is 1. The van der Waals surface area contributed by atoms with Gasteiger partial charge in [-0.1, -0.05) is 22.0 Å². The fourth-order valence-electron chi connectivity index (χ4n) is 1.79. The first-order valence-corrected chi connectivity index (χ1v) is 6.90. The summed E-state index contributed by atoms with van der Waals surface area (Å²) in [6.07, 6.45) is -5.22. The Labute approximate surface area is 140 Å². The third kappa shape index (κ3) is 3.45. The van der Waals surface area contributed by atoms with Gasteiger partial charge in [0.15, 0.2) is 12.0 Å². The number of anilines is 1. The molecule has 0 aliphatic heterocycles. The van der Waals surface area contributed by atoms with Crippen LogP contribution < -0.4 is 5.32 Å². The highest BCUT2D eigenvalue weighted by Crippen LogP contribution is 2.26. The number of nitrogens with one attached hydrogen (secondary N) is 1. The van der Waals surface area contributed by atoms with Crippen LogP contribution in [0.1, 0.15) is 20.8 Å². The molecule has 11 heteroatoms. The first-order chi connectivity index (χ1) is 11.1. The van der Waals surface area contributed by atoms with Crippen LogP contribution in [-0.2, 0) is 4.79 Å². The molecule has 0 unspecified atom stereocenters. The maximum atomic E-state index is 12.5. The quantitative estimate of drug-likeness (QED) is 0.761. The highest BCUT2D eigenvalue weighted by Gasteiger charge is 2.40. The zero-order valence-corrected chi connectivity index (χ0v) is 13.1. The molecule has 0 atom stereocenters. The number of aromatic nitrogens is 2. The number of carboxylic acids is 1. The number of hydrogen-bond acceptors (Lipinski definition) is 4. The van der Waals surface area contributed by atoms with Crippen LogP contribution in [0.2, 0.25) is 0 Å². The number of carbonyl (C=O) groups is 3. The summed E-state index contributed by atoms with van der Waals surface area (Å²) in [4.78, 5) is 33.5. The molecule has 2 N–H and O–H groups in total. The Morgan fingerprint density at radius 3 is 2.50 bits per heavy atom. The van der Waals surface area contributed by atoms with E-state index in [2.05, 4.69) is 21.0 Å². The molecule has 1 amide bonds. The number of carbonyl (C=O) groups excluding carboxylic acids is 2. The lowest BCUT2D eigenvalue weighted by Gasteiger charge is -2.11. The first-order valence-electron chi connectivity index (χ1n) is 6.10. The van der Waals surface area contributed by atoms with Crippen molar-refractivity contribution in [2.24, 2.45) is 0 Å². The predicted octanol–water partition coefficient (Wildman–Crippen LogP) is 2.65. The van der Waals surface area contributed by atoms with Gasteiger partial charge in [0.25, 0.3) is 0 Å². The molecule has 1 aromatic heterocycles. The Hall–Kier alpha value is -2.69. The largest absolute Gasteiger partial charge is 0.476 e. The molecule has 1 aromatic carbocycles. The molecule has 0 saturated heterocycles. The second-order valence-corrected chi connectivity index (χ2v) is 5.29. The molecule has 1 heterocycles. The van der Waals surface area contributed by atoms with E-state index in [1.54, 1.807) is 6.07 Å². The number of amides is 1. The number of carboxylic acid groups (broad SMARTS) is 1. The number of benzene rings is 1. The topological polar surface area (TPSA) is 101 Å². The van der Waals surface area contributed by atoms with Gasteiger partial charge in [-0.05, 0) is 18.2 Å². The van der Waals surface area contributed by atoms with Crippen molar-refractivity contribution in [2.75, 3.05) is 5.32 Å². The Balaban J connectivity index is 2.67. The molecule has 2 aromatic rings. The summed E-state index contributed by atoms with van der Waals surface area (Å²) in [5.41, 5.74) is -1.33.